The SMILES string of the molecule is CC(C)C(Oc1ccc2c3c(cccc13)C(C)C2C)OC1CC2CC1C1CCCC21. The van der Waals surface area contributed by atoms with Crippen LogP contribution in [0.1, 0.15) is 82.8 Å². The molecule has 8 unspecified atom stereocenters. The summed E-state index contributed by atoms with van der Waals surface area (Å²) in [6, 6.07) is 11.2. The number of fused-ring (bicyclic) bond motifs is 5. The van der Waals surface area contributed by atoms with Gasteiger partial charge in [-0.05, 0) is 83.8 Å². The third-order valence-corrected chi connectivity index (χ3v) is 9.26. The van der Waals surface area contributed by atoms with Crippen molar-refractivity contribution in [2.75, 3.05) is 0 Å². The van der Waals surface area contributed by atoms with E-state index in [9.17, 15) is 0 Å². The van der Waals surface area contributed by atoms with Gasteiger partial charge in [0.2, 0.25) is 6.29 Å². The van der Waals surface area contributed by atoms with E-state index >= 15 is 0 Å². The molecule has 2 bridgehead atoms. The number of ether oxygens (including phenoxy) is 2. The van der Waals surface area contributed by atoms with Crippen molar-refractivity contribution in [1.29, 1.82) is 0 Å². The predicted molar refractivity (Wildman–Crippen MR) is 122 cm³/mol. The summed E-state index contributed by atoms with van der Waals surface area (Å²) in [6.07, 6.45) is 7.25. The Labute approximate surface area is 181 Å². The molecule has 3 saturated carbocycles. The summed E-state index contributed by atoms with van der Waals surface area (Å²) in [7, 11) is 0. The maximum atomic E-state index is 6.76. The van der Waals surface area contributed by atoms with Gasteiger partial charge >= 0.3 is 0 Å². The third-order valence-electron chi connectivity index (χ3n) is 9.26. The van der Waals surface area contributed by atoms with Crippen molar-refractivity contribution in [2.24, 2.45) is 29.6 Å². The van der Waals surface area contributed by atoms with Crippen LogP contribution < -0.4 is 4.74 Å². The highest BCUT2D eigenvalue weighted by molar-refractivity contribution is 5.96. The van der Waals surface area contributed by atoms with Crippen LogP contribution in [0.3, 0.4) is 0 Å². The first-order valence-corrected chi connectivity index (χ1v) is 12.4. The van der Waals surface area contributed by atoms with Crippen LogP contribution in [0.2, 0.25) is 0 Å². The normalized spacial score (nSPS) is 37.3. The van der Waals surface area contributed by atoms with Crippen LogP contribution in [-0.2, 0) is 4.74 Å². The van der Waals surface area contributed by atoms with Crippen molar-refractivity contribution in [3.05, 3.63) is 41.5 Å². The van der Waals surface area contributed by atoms with E-state index in [1.165, 1.54) is 54.0 Å². The predicted octanol–water partition coefficient (Wildman–Crippen LogP) is 7.26. The van der Waals surface area contributed by atoms with E-state index in [4.69, 9.17) is 9.47 Å². The average Bonchev–Trinajstić information content (AvgIpc) is 3.48. The van der Waals surface area contributed by atoms with Gasteiger partial charge in [-0.2, -0.15) is 0 Å². The second-order valence-corrected chi connectivity index (χ2v) is 11.1. The molecule has 3 fully saturated rings. The Morgan fingerprint density at radius 3 is 2.43 bits per heavy atom. The van der Waals surface area contributed by atoms with Gasteiger partial charge < -0.3 is 9.47 Å². The largest absolute Gasteiger partial charge is 0.464 e. The van der Waals surface area contributed by atoms with Crippen molar-refractivity contribution in [1.82, 2.24) is 0 Å². The Morgan fingerprint density at radius 1 is 0.867 bits per heavy atom. The second-order valence-electron chi connectivity index (χ2n) is 11.1. The van der Waals surface area contributed by atoms with E-state index in [1.54, 1.807) is 0 Å². The Bertz CT molecular complexity index is 948. The lowest BCUT2D eigenvalue weighted by Crippen LogP contribution is -2.37. The van der Waals surface area contributed by atoms with Gasteiger partial charge in [0.15, 0.2) is 0 Å². The minimum atomic E-state index is -0.164. The summed E-state index contributed by atoms with van der Waals surface area (Å²) >= 11 is 0. The highest BCUT2D eigenvalue weighted by atomic mass is 16.7. The molecule has 2 nitrogen and oxygen atoms in total. The molecular weight excluding hydrogens is 368 g/mol. The van der Waals surface area contributed by atoms with Crippen LogP contribution in [0.4, 0.5) is 0 Å². The zero-order chi connectivity index (χ0) is 20.6. The van der Waals surface area contributed by atoms with Gasteiger partial charge in [0.05, 0.1) is 6.10 Å². The molecule has 4 aliphatic rings. The average molecular weight is 405 g/mol. The molecule has 6 rings (SSSR count). The molecule has 4 aliphatic carbocycles. The first-order chi connectivity index (χ1) is 14.5. The monoisotopic (exact) mass is 404 g/mol. The van der Waals surface area contributed by atoms with Gasteiger partial charge in [0.25, 0.3) is 0 Å². The fourth-order valence-corrected chi connectivity index (χ4v) is 7.62. The van der Waals surface area contributed by atoms with Gasteiger partial charge in [-0.25, -0.2) is 0 Å². The van der Waals surface area contributed by atoms with E-state index in [0.29, 0.717) is 23.9 Å². The minimum absolute atomic E-state index is 0.164. The Balaban J connectivity index is 1.27. The zero-order valence-electron chi connectivity index (χ0n) is 18.9. The number of hydrogen-bond acceptors (Lipinski definition) is 2. The van der Waals surface area contributed by atoms with E-state index in [1.807, 2.05) is 0 Å². The van der Waals surface area contributed by atoms with Gasteiger partial charge in [-0.3, -0.25) is 0 Å². The zero-order valence-corrected chi connectivity index (χ0v) is 18.9. The van der Waals surface area contributed by atoms with Crippen LogP contribution in [0.25, 0.3) is 10.8 Å². The molecule has 2 aromatic carbocycles. The summed E-state index contributed by atoms with van der Waals surface area (Å²) < 4.78 is 13.4. The van der Waals surface area contributed by atoms with Crippen molar-refractivity contribution < 1.29 is 9.47 Å². The molecular formula is C28H36O2. The van der Waals surface area contributed by atoms with Gasteiger partial charge in [-0.1, -0.05) is 58.4 Å². The summed E-state index contributed by atoms with van der Waals surface area (Å²) in [6.45, 7) is 9.18. The third kappa shape index (κ3) is 2.72. The summed E-state index contributed by atoms with van der Waals surface area (Å²) in [5, 5.41) is 2.69. The van der Waals surface area contributed by atoms with E-state index in [-0.39, 0.29) is 6.29 Å². The lowest BCUT2D eigenvalue weighted by Gasteiger charge is -2.35. The van der Waals surface area contributed by atoms with Crippen molar-refractivity contribution in [3.63, 3.8) is 0 Å². The van der Waals surface area contributed by atoms with Gasteiger partial charge in [-0.15, -0.1) is 0 Å². The van der Waals surface area contributed by atoms with Gasteiger partial charge in [0.1, 0.15) is 5.75 Å². The van der Waals surface area contributed by atoms with Crippen molar-refractivity contribution in [2.45, 2.75) is 84.0 Å². The fourth-order valence-electron chi connectivity index (χ4n) is 7.62. The van der Waals surface area contributed by atoms with Crippen molar-refractivity contribution in [3.8, 4) is 5.75 Å². The summed E-state index contributed by atoms with van der Waals surface area (Å²) in [5.41, 5.74) is 2.95. The molecule has 0 spiro atoms. The molecule has 0 heterocycles. The Kier molecular flexibility index (Phi) is 4.46. The molecule has 0 amide bonds. The van der Waals surface area contributed by atoms with Crippen molar-refractivity contribution >= 4 is 10.8 Å². The molecule has 0 radical (unpaired) electrons. The maximum Gasteiger partial charge on any atom is 0.202 e. The van der Waals surface area contributed by atoms with Crippen LogP contribution in [0.15, 0.2) is 30.3 Å². The van der Waals surface area contributed by atoms with Crippen LogP contribution in [0.5, 0.6) is 5.75 Å². The molecule has 2 heteroatoms. The smallest absolute Gasteiger partial charge is 0.202 e. The lowest BCUT2D eigenvalue weighted by atomic mass is 9.80. The first-order valence-electron chi connectivity index (χ1n) is 12.4. The first kappa shape index (κ1) is 19.2. The molecule has 0 aromatic heterocycles. The number of rotatable bonds is 5. The minimum Gasteiger partial charge on any atom is -0.464 e. The second kappa shape index (κ2) is 6.99. The van der Waals surface area contributed by atoms with Gasteiger partial charge in [0, 0.05) is 11.3 Å². The van der Waals surface area contributed by atoms with Crippen LogP contribution in [0, 0.1) is 29.6 Å². The molecule has 30 heavy (non-hydrogen) atoms. The molecule has 8 atom stereocenters. The molecule has 0 aliphatic heterocycles. The summed E-state index contributed by atoms with van der Waals surface area (Å²) in [4.78, 5) is 0. The highest BCUT2D eigenvalue weighted by Crippen LogP contribution is 2.59. The molecule has 0 saturated heterocycles. The number of hydrogen-bond donors (Lipinski definition) is 0. The Hall–Kier alpha value is -1.54. The molecule has 0 N–H and O–H groups in total. The van der Waals surface area contributed by atoms with Crippen LogP contribution >= 0.6 is 0 Å². The highest BCUT2D eigenvalue weighted by Gasteiger charge is 2.54. The Morgan fingerprint density at radius 2 is 1.63 bits per heavy atom. The van der Waals surface area contributed by atoms with E-state index in [2.05, 4.69) is 58.0 Å². The number of benzene rings is 2. The van der Waals surface area contributed by atoms with E-state index < -0.39 is 0 Å². The summed E-state index contributed by atoms with van der Waals surface area (Å²) in [5.74, 6) is 6.12. The van der Waals surface area contributed by atoms with Crippen LogP contribution in [-0.4, -0.2) is 12.4 Å². The molecule has 160 valence electrons. The molecule has 2 aromatic rings. The maximum absolute atomic E-state index is 6.76. The standard InChI is InChI=1S/C28H36O2/c1-15(2)28(30-26-14-18-13-24(26)22-9-6-8-21(18)22)29-25-12-11-20-17(4)16(3)19-7-5-10-23(25)27(19)20/h5,7,10-12,15-18,21-22,24,26,28H,6,8-9,13-14H2,1-4H3. The lowest BCUT2D eigenvalue weighted by molar-refractivity contribution is -0.162. The quantitative estimate of drug-likeness (QED) is 0.488. The van der Waals surface area contributed by atoms with E-state index in [0.717, 1.165) is 29.4 Å². The topological polar surface area (TPSA) is 18.5 Å². The fraction of sp³-hybridized carbons (Fsp3) is 0.643.